The quantitative estimate of drug-likeness (QED) is 0.706. The van der Waals surface area contributed by atoms with Gasteiger partial charge in [0.1, 0.15) is 5.75 Å². The van der Waals surface area contributed by atoms with Crippen molar-refractivity contribution in [1.29, 1.82) is 0 Å². The Kier molecular flexibility index (Phi) is 2.37. The fourth-order valence-electron chi connectivity index (χ4n) is 2.31. The summed E-state index contributed by atoms with van der Waals surface area (Å²) in [4.78, 5) is 0. The molecule has 1 aliphatic heterocycles. The molecule has 0 unspecified atom stereocenters. The normalized spacial score (nSPS) is 22.8. The molecule has 1 aromatic rings. The lowest BCUT2D eigenvalue weighted by Gasteiger charge is -2.30. The molecule has 1 saturated heterocycles. The molecule has 2 aliphatic rings. The van der Waals surface area contributed by atoms with Crippen LogP contribution in [0.1, 0.15) is 18.4 Å². The topological polar surface area (TPSA) is 44.3 Å². The molecule has 86 valence electrons. The van der Waals surface area contributed by atoms with Crippen molar-refractivity contribution in [1.82, 2.24) is 10.6 Å². The van der Waals surface area contributed by atoms with Gasteiger partial charge in [-0.3, -0.25) is 0 Å². The molecule has 3 nitrogen and oxygen atoms in total. The van der Waals surface area contributed by atoms with Crippen LogP contribution in [-0.4, -0.2) is 30.8 Å². The fraction of sp³-hybridized carbons (Fsp3) is 0.538. The largest absolute Gasteiger partial charge is 0.508 e. The van der Waals surface area contributed by atoms with Crippen LogP contribution in [0, 0.1) is 0 Å². The van der Waals surface area contributed by atoms with Crippen LogP contribution < -0.4 is 10.6 Å². The average Bonchev–Trinajstić information content (AvgIpc) is 2.98. The smallest absolute Gasteiger partial charge is 0.115 e. The first kappa shape index (κ1) is 10.1. The van der Waals surface area contributed by atoms with Crippen LogP contribution in [0.2, 0.25) is 0 Å². The van der Waals surface area contributed by atoms with Gasteiger partial charge in [0, 0.05) is 31.1 Å². The Morgan fingerprint density at radius 2 is 1.94 bits per heavy atom. The lowest BCUT2D eigenvalue weighted by Crippen LogP contribution is -2.56. The van der Waals surface area contributed by atoms with E-state index >= 15 is 0 Å². The number of aromatic hydroxyl groups is 1. The van der Waals surface area contributed by atoms with Crippen LogP contribution in [0.4, 0.5) is 0 Å². The summed E-state index contributed by atoms with van der Waals surface area (Å²) in [6, 6.07) is 8.36. The van der Waals surface area contributed by atoms with Gasteiger partial charge in [-0.1, -0.05) is 12.1 Å². The van der Waals surface area contributed by atoms with Gasteiger partial charge in [0.15, 0.2) is 0 Å². The zero-order chi connectivity index (χ0) is 11.0. The van der Waals surface area contributed by atoms with Gasteiger partial charge in [-0.05, 0) is 30.5 Å². The highest BCUT2D eigenvalue weighted by atomic mass is 16.3. The van der Waals surface area contributed by atoms with E-state index in [1.54, 1.807) is 12.1 Å². The molecule has 0 atom stereocenters. The SMILES string of the molecule is Oc1ccc(C2(CNC3CNC3)CC2)cc1. The summed E-state index contributed by atoms with van der Waals surface area (Å²) in [6.07, 6.45) is 2.54. The highest BCUT2D eigenvalue weighted by Crippen LogP contribution is 2.47. The summed E-state index contributed by atoms with van der Waals surface area (Å²) >= 11 is 0. The predicted molar refractivity (Wildman–Crippen MR) is 63.7 cm³/mol. The van der Waals surface area contributed by atoms with Crippen molar-refractivity contribution in [2.24, 2.45) is 0 Å². The maximum atomic E-state index is 9.28. The Labute approximate surface area is 95.9 Å². The number of hydrogen-bond acceptors (Lipinski definition) is 3. The number of phenolic OH excluding ortho intramolecular Hbond substituents is 1. The number of rotatable bonds is 4. The Balaban J connectivity index is 1.65. The van der Waals surface area contributed by atoms with E-state index in [0.29, 0.717) is 17.2 Å². The summed E-state index contributed by atoms with van der Waals surface area (Å²) in [7, 11) is 0. The molecule has 0 bridgehead atoms. The molecule has 1 aromatic carbocycles. The summed E-state index contributed by atoms with van der Waals surface area (Å²) in [5, 5.41) is 16.2. The zero-order valence-corrected chi connectivity index (χ0v) is 9.37. The van der Waals surface area contributed by atoms with E-state index in [0.717, 1.165) is 19.6 Å². The second kappa shape index (κ2) is 3.75. The Hall–Kier alpha value is -1.06. The van der Waals surface area contributed by atoms with Crippen LogP contribution in [0.5, 0.6) is 5.75 Å². The van der Waals surface area contributed by atoms with E-state index in [1.807, 2.05) is 0 Å². The van der Waals surface area contributed by atoms with Crippen LogP contribution in [0.15, 0.2) is 24.3 Å². The number of phenols is 1. The fourth-order valence-corrected chi connectivity index (χ4v) is 2.31. The molecule has 0 radical (unpaired) electrons. The number of hydrogen-bond donors (Lipinski definition) is 3. The Bertz CT molecular complexity index is 366. The van der Waals surface area contributed by atoms with Gasteiger partial charge in [0.2, 0.25) is 0 Å². The predicted octanol–water partition coefficient (Wildman–Crippen LogP) is 0.985. The van der Waals surface area contributed by atoms with E-state index in [-0.39, 0.29) is 0 Å². The summed E-state index contributed by atoms with van der Waals surface area (Å²) in [6.45, 7) is 3.28. The third-order valence-electron chi connectivity index (χ3n) is 3.84. The van der Waals surface area contributed by atoms with Gasteiger partial charge in [0.05, 0.1) is 0 Å². The minimum atomic E-state index is 0.350. The highest BCUT2D eigenvalue weighted by Gasteiger charge is 2.44. The van der Waals surface area contributed by atoms with Crippen molar-refractivity contribution in [2.75, 3.05) is 19.6 Å². The molecule has 1 saturated carbocycles. The van der Waals surface area contributed by atoms with Gasteiger partial charge >= 0.3 is 0 Å². The Morgan fingerprint density at radius 3 is 2.44 bits per heavy atom. The summed E-state index contributed by atoms with van der Waals surface area (Å²) in [5.41, 5.74) is 1.72. The van der Waals surface area contributed by atoms with Gasteiger partial charge < -0.3 is 15.7 Å². The molecule has 2 fully saturated rings. The molecule has 0 spiro atoms. The molecule has 0 amide bonds. The lowest BCUT2D eigenvalue weighted by atomic mass is 9.95. The van der Waals surface area contributed by atoms with Gasteiger partial charge in [0.25, 0.3) is 0 Å². The van der Waals surface area contributed by atoms with Crippen LogP contribution in [0.3, 0.4) is 0 Å². The first-order chi connectivity index (χ1) is 7.78. The van der Waals surface area contributed by atoms with Crippen LogP contribution in [-0.2, 0) is 5.41 Å². The van der Waals surface area contributed by atoms with Gasteiger partial charge in [-0.15, -0.1) is 0 Å². The monoisotopic (exact) mass is 218 g/mol. The van der Waals surface area contributed by atoms with Gasteiger partial charge in [-0.25, -0.2) is 0 Å². The second-order valence-electron chi connectivity index (χ2n) is 5.06. The third kappa shape index (κ3) is 1.81. The molecule has 3 N–H and O–H groups in total. The zero-order valence-electron chi connectivity index (χ0n) is 9.37. The van der Waals surface area contributed by atoms with Crippen molar-refractivity contribution >= 4 is 0 Å². The molecule has 3 rings (SSSR count). The molecule has 3 heteroatoms. The second-order valence-corrected chi connectivity index (χ2v) is 5.06. The molecule has 16 heavy (non-hydrogen) atoms. The third-order valence-corrected chi connectivity index (χ3v) is 3.84. The molecular weight excluding hydrogens is 200 g/mol. The molecular formula is C13H18N2O. The van der Waals surface area contributed by atoms with E-state index in [2.05, 4.69) is 22.8 Å². The number of benzene rings is 1. The minimum absolute atomic E-state index is 0.350. The van der Waals surface area contributed by atoms with Gasteiger partial charge in [-0.2, -0.15) is 0 Å². The maximum Gasteiger partial charge on any atom is 0.115 e. The average molecular weight is 218 g/mol. The van der Waals surface area contributed by atoms with E-state index in [4.69, 9.17) is 0 Å². The number of nitrogens with one attached hydrogen (secondary N) is 2. The first-order valence-corrected chi connectivity index (χ1v) is 6.02. The van der Waals surface area contributed by atoms with E-state index < -0.39 is 0 Å². The molecule has 0 aromatic heterocycles. The highest BCUT2D eigenvalue weighted by molar-refractivity contribution is 5.36. The van der Waals surface area contributed by atoms with Crippen molar-refractivity contribution in [3.8, 4) is 5.75 Å². The minimum Gasteiger partial charge on any atom is -0.508 e. The van der Waals surface area contributed by atoms with Crippen molar-refractivity contribution in [2.45, 2.75) is 24.3 Å². The lowest BCUT2D eigenvalue weighted by molar-refractivity contribution is 0.353. The van der Waals surface area contributed by atoms with E-state index in [9.17, 15) is 5.11 Å². The van der Waals surface area contributed by atoms with Crippen LogP contribution in [0.25, 0.3) is 0 Å². The summed E-state index contributed by atoms with van der Waals surface area (Å²) in [5.74, 6) is 0.357. The standard InChI is InChI=1S/C13H18N2O/c16-12-3-1-10(2-4-12)13(5-6-13)9-15-11-7-14-8-11/h1-4,11,14-16H,5-9H2. The first-order valence-electron chi connectivity index (χ1n) is 6.02. The van der Waals surface area contributed by atoms with E-state index in [1.165, 1.54) is 18.4 Å². The Morgan fingerprint density at radius 1 is 1.25 bits per heavy atom. The molecule has 1 aliphatic carbocycles. The van der Waals surface area contributed by atoms with Crippen molar-refractivity contribution < 1.29 is 5.11 Å². The van der Waals surface area contributed by atoms with Crippen molar-refractivity contribution in [3.05, 3.63) is 29.8 Å². The molecule has 1 heterocycles. The van der Waals surface area contributed by atoms with Crippen molar-refractivity contribution in [3.63, 3.8) is 0 Å². The maximum absolute atomic E-state index is 9.28. The van der Waals surface area contributed by atoms with Crippen LogP contribution >= 0.6 is 0 Å². The summed E-state index contributed by atoms with van der Waals surface area (Å²) < 4.78 is 0.